The van der Waals surface area contributed by atoms with Gasteiger partial charge in [-0.05, 0) is 12.0 Å². The number of nitrogens with one attached hydrogen (secondary N) is 1. The van der Waals surface area contributed by atoms with E-state index in [0.717, 1.165) is 26.1 Å². The van der Waals surface area contributed by atoms with Crippen LogP contribution in [-0.2, 0) is 11.3 Å². The lowest BCUT2D eigenvalue weighted by molar-refractivity contribution is 0.00438. The number of benzene rings is 1. The topological polar surface area (TPSA) is 61.8 Å². The summed E-state index contributed by atoms with van der Waals surface area (Å²) in [6.45, 7) is 2.50. The molecule has 1 fully saturated rings. The normalized spacial score (nSPS) is 24.1. The van der Waals surface area contributed by atoms with E-state index in [9.17, 15) is 4.79 Å². The molecule has 0 saturated carbocycles. The first-order chi connectivity index (χ1) is 9.19. The molecule has 19 heavy (non-hydrogen) atoms. The van der Waals surface area contributed by atoms with Gasteiger partial charge in [-0.25, -0.2) is 4.79 Å². The Bertz CT molecular complexity index is 410. The molecule has 1 heterocycles. The molecule has 5 heteroatoms. The maximum Gasteiger partial charge on any atom is 0.404 e. The van der Waals surface area contributed by atoms with Crippen molar-refractivity contribution in [1.82, 2.24) is 10.2 Å². The Hall–Kier alpha value is -1.59. The van der Waals surface area contributed by atoms with E-state index in [-0.39, 0.29) is 12.1 Å². The number of amides is 1. The Kier molecular flexibility index (Phi) is 4.76. The number of hydrogen-bond acceptors (Lipinski definition) is 3. The Labute approximate surface area is 113 Å². The van der Waals surface area contributed by atoms with Gasteiger partial charge in [0.25, 0.3) is 0 Å². The quantitative estimate of drug-likeness (QED) is 0.866. The predicted octanol–water partition coefficient (Wildman–Crippen LogP) is 1.54. The minimum absolute atomic E-state index is 0.0893. The molecule has 0 spiro atoms. The predicted molar refractivity (Wildman–Crippen MR) is 72.1 cm³/mol. The van der Waals surface area contributed by atoms with Crippen molar-refractivity contribution >= 4 is 6.09 Å². The third-order valence-electron chi connectivity index (χ3n) is 3.50. The van der Waals surface area contributed by atoms with Crippen LogP contribution in [0.3, 0.4) is 0 Å². The molecule has 2 atom stereocenters. The molecule has 1 aliphatic heterocycles. The summed E-state index contributed by atoms with van der Waals surface area (Å²) in [6.07, 6.45) is -0.297. The van der Waals surface area contributed by atoms with Crippen molar-refractivity contribution in [2.45, 2.75) is 25.1 Å². The number of carbonyl (C=O) groups is 1. The molecular formula is C14H20N2O3. The zero-order chi connectivity index (χ0) is 13.7. The smallest absolute Gasteiger partial charge is 0.404 e. The highest BCUT2D eigenvalue weighted by Gasteiger charge is 2.30. The van der Waals surface area contributed by atoms with Crippen molar-refractivity contribution in [2.75, 3.05) is 20.2 Å². The zero-order valence-corrected chi connectivity index (χ0v) is 11.1. The second kappa shape index (κ2) is 6.54. The number of ether oxygens (including phenoxy) is 1. The van der Waals surface area contributed by atoms with Crippen LogP contribution in [0.1, 0.15) is 12.0 Å². The monoisotopic (exact) mass is 264 g/mol. The molecule has 1 aromatic rings. The van der Waals surface area contributed by atoms with Gasteiger partial charge in [-0.2, -0.15) is 0 Å². The summed E-state index contributed by atoms with van der Waals surface area (Å²) in [5, 5.41) is 11.3. The van der Waals surface area contributed by atoms with Gasteiger partial charge in [0.05, 0.1) is 12.1 Å². The standard InChI is InChI=1S/C14H20N2O3/c1-19-13-10-16(8-7-12(13)15-14(17)18)9-11-5-3-2-4-6-11/h2-6,12-13,15H,7-10H2,1H3,(H,17,18)/t12-,13-/m0/s1. The van der Waals surface area contributed by atoms with E-state index in [1.807, 2.05) is 18.2 Å². The SMILES string of the molecule is CO[C@H]1CN(Cc2ccccc2)CC[C@@H]1NC(=O)O. The van der Waals surface area contributed by atoms with Crippen LogP contribution in [0.5, 0.6) is 0 Å². The summed E-state index contributed by atoms with van der Waals surface area (Å²) in [6, 6.07) is 10.1. The van der Waals surface area contributed by atoms with Crippen molar-refractivity contribution in [3.8, 4) is 0 Å². The van der Waals surface area contributed by atoms with E-state index in [0.29, 0.717) is 0 Å². The third-order valence-corrected chi connectivity index (χ3v) is 3.50. The van der Waals surface area contributed by atoms with Crippen LogP contribution in [0.25, 0.3) is 0 Å². The minimum atomic E-state index is -0.983. The summed E-state index contributed by atoms with van der Waals surface area (Å²) >= 11 is 0. The van der Waals surface area contributed by atoms with Crippen LogP contribution in [-0.4, -0.2) is 48.4 Å². The average Bonchev–Trinajstić information content (AvgIpc) is 2.41. The lowest BCUT2D eigenvalue weighted by atomic mass is 10.0. The molecule has 2 N–H and O–H groups in total. The number of methoxy groups -OCH3 is 1. The molecule has 0 bridgehead atoms. The fraction of sp³-hybridized carbons (Fsp3) is 0.500. The highest BCUT2D eigenvalue weighted by molar-refractivity contribution is 5.65. The first-order valence-electron chi connectivity index (χ1n) is 6.47. The number of piperidine rings is 1. The first kappa shape index (κ1) is 13.8. The summed E-state index contributed by atoms with van der Waals surface area (Å²) in [5.41, 5.74) is 1.27. The van der Waals surface area contributed by atoms with Gasteiger partial charge in [-0.1, -0.05) is 30.3 Å². The fourth-order valence-electron chi connectivity index (χ4n) is 2.53. The van der Waals surface area contributed by atoms with E-state index >= 15 is 0 Å². The molecule has 0 unspecified atom stereocenters. The van der Waals surface area contributed by atoms with Crippen molar-refractivity contribution in [3.05, 3.63) is 35.9 Å². The van der Waals surface area contributed by atoms with Crippen LogP contribution in [0.15, 0.2) is 30.3 Å². The summed E-state index contributed by atoms with van der Waals surface area (Å²) in [7, 11) is 1.63. The Morgan fingerprint density at radius 1 is 1.47 bits per heavy atom. The molecule has 1 aliphatic rings. The summed E-state index contributed by atoms with van der Waals surface area (Å²) in [5.74, 6) is 0. The van der Waals surface area contributed by atoms with Crippen LogP contribution < -0.4 is 5.32 Å². The van der Waals surface area contributed by atoms with Gasteiger partial charge >= 0.3 is 6.09 Å². The average molecular weight is 264 g/mol. The number of carboxylic acid groups (broad SMARTS) is 1. The second-order valence-corrected chi connectivity index (χ2v) is 4.84. The van der Waals surface area contributed by atoms with Gasteiger partial charge in [0, 0.05) is 26.7 Å². The Morgan fingerprint density at radius 3 is 2.84 bits per heavy atom. The fourth-order valence-corrected chi connectivity index (χ4v) is 2.53. The molecule has 1 amide bonds. The highest BCUT2D eigenvalue weighted by atomic mass is 16.5. The van der Waals surface area contributed by atoms with Gasteiger partial charge in [-0.15, -0.1) is 0 Å². The van der Waals surface area contributed by atoms with Crippen molar-refractivity contribution < 1.29 is 14.6 Å². The number of hydrogen-bond donors (Lipinski definition) is 2. The van der Waals surface area contributed by atoms with E-state index in [2.05, 4.69) is 22.3 Å². The highest BCUT2D eigenvalue weighted by Crippen LogP contribution is 2.16. The Balaban J connectivity index is 1.91. The maximum absolute atomic E-state index is 10.7. The number of rotatable bonds is 4. The van der Waals surface area contributed by atoms with E-state index < -0.39 is 6.09 Å². The first-order valence-corrected chi connectivity index (χ1v) is 6.47. The summed E-state index contributed by atoms with van der Waals surface area (Å²) < 4.78 is 5.41. The van der Waals surface area contributed by atoms with Crippen molar-refractivity contribution in [1.29, 1.82) is 0 Å². The molecule has 104 valence electrons. The van der Waals surface area contributed by atoms with E-state index in [1.54, 1.807) is 7.11 Å². The van der Waals surface area contributed by atoms with E-state index in [1.165, 1.54) is 5.56 Å². The molecule has 1 aromatic carbocycles. The van der Waals surface area contributed by atoms with Gasteiger partial charge in [0.15, 0.2) is 0 Å². The van der Waals surface area contributed by atoms with Crippen LogP contribution in [0, 0.1) is 0 Å². The van der Waals surface area contributed by atoms with Crippen molar-refractivity contribution in [3.63, 3.8) is 0 Å². The lowest BCUT2D eigenvalue weighted by Crippen LogP contribution is -2.54. The molecule has 2 rings (SSSR count). The van der Waals surface area contributed by atoms with Gasteiger partial charge in [0.1, 0.15) is 0 Å². The second-order valence-electron chi connectivity index (χ2n) is 4.84. The molecule has 0 aliphatic carbocycles. The van der Waals surface area contributed by atoms with Gasteiger partial charge in [-0.3, -0.25) is 4.90 Å². The molecule has 0 radical (unpaired) electrons. The van der Waals surface area contributed by atoms with E-state index in [4.69, 9.17) is 9.84 Å². The molecule has 1 saturated heterocycles. The minimum Gasteiger partial charge on any atom is -0.465 e. The summed E-state index contributed by atoms with van der Waals surface area (Å²) in [4.78, 5) is 13.0. The third kappa shape index (κ3) is 3.94. The van der Waals surface area contributed by atoms with Gasteiger partial charge < -0.3 is 15.2 Å². The number of nitrogens with zero attached hydrogens (tertiary/aromatic N) is 1. The largest absolute Gasteiger partial charge is 0.465 e. The maximum atomic E-state index is 10.7. The molecule has 0 aromatic heterocycles. The Morgan fingerprint density at radius 2 is 2.21 bits per heavy atom. The van der Waals surface area contributed by atoms with Crippen molar-refractivity contribution in [2.24, 2.45) is 0 Å². The van der Waals surface area contributed by atoms with Gasteiger partial charge in [0.2, 0.25) is 0 Å². The molecule has 5 nitrogen and oxygen atoms in total. The van der Waals surface area contributed by atoms with Crippen LogP contribution >= 0.6 is 0 Å². The van der Waals surface area contributed by atoms with Crippen LogP contribution in [0.2, 0.25) is 0 Å². The zero-order valence-electron chi connectivity index (χ0n) is 11.1. The van der Waals surface area contributed by atoms with Crippen LogP contribution in [0.4, 0.5) is 4.79 Å². The molecular weight excluding hydrogens is 244 g/mol. The number of likely N-dealkylation sites (tertiary alicyclic amines) is 1. The lowest BCUT2D eigenvalue weighted by Gasteiger charge is -2.37.